The molecule has 0 aromatic rings. The van der Waals surface area contributed by atoms with Crippen molar-refractivity contribution >= 4 is 12.0 Å². The van der Waals surface area contributed by atoms with Gasteiger partial charge in [-0.2, -0.15) is 0 Å². The summed E-state index contributed by atoms with van der Waals surface area (Å²) in [6, 6.07) is 0. The zero-order valence-corrected chi connectivity index (χ0v) is 14.8. The molecular formula is C16H30N2O4. The van der Waals surface area contributed by atoms with Crippen LogP contribution in [0.3, 0.4) is 0 Å². The molecule has 0 unspecified atom stereocenters. The van der Waals surface area contributed by atoms with Gasteiger partial charge in [-0.15, -0.1) is 0 Å². The Morgan fingerprint density at radius 3 is 2.14 bits per heavy atom. The van der Waals surface area contributed by atoms with Crippen LogP contribution in [0.1, 0.15) is 47.0 Å². The molecule has 1 fully saturated rings. The van der Waals surface area contributed by atoms with Crippen LogP contribution in [0.25, 0.3) is 0 Å². The average molecular weight is 314 g/mol. The molecule has 0 atom stereocenters. The molecule has 0 spiro atoms. The summed E-state index contributed by atoms with van der Waals surface area (Å²) in [4.78, 5) is 27.0. The highest BCUT2D eigenvalue weighted by Gasteiger charge is 2.37. The number of nitrogens with zero attached hydrogens (tertiary/aromatic N) is 2. The van der Waals surface area contributed by atoms with Crippen molar-refractivity contribution in [1.82, 2.24) is 9.80 Å². The van der Waals surface area contributed by atoms with Gasteiger partial charge < -0.3 is 19.3 Å². The van der Waals surface area contributed by atoms with Gasteiger partial charge in [0.15, 0.2) is 0 Å². The number of hydrogen-bond acceptors (Lipinski definition) is 4. The third-order valence-corrected chi connectivity index (χ3v) is 3.97. The molecule has 1 heterocycles. The summed E-state index contributed by atoms with van der Waals surface area (Å²) in [5.41, 5.74) is -0.796. The summed E-state index contributed by atoms with van der Waals surface area (Å²) < 4.78 is 11.3. The highest BCUT2D eigenvalue weighted by atomic mass is 16.6. The lowest BCUT2D eigenvalue weighted by molar-refractivity contribution is -0.145. The van der Waals surface area contributed by atoms with E-state index in [9.17, 15) is 9.59 Å². The Kier molecular flexibility index (Phi) is 6.23. The number of hydrogen-bond donors (Lipinski definition) is 0. The predicted molar refractivity (Wildman–Crippen MR) is 84.7 cm³/mol. The van der Waals surface area contributed by atoms with Crippen LogP contribution < -0.4 is 0 Å². The van der Waals surface area contributed by atoms with E-state index < -0.39 is 5.60 Å². The molecule has 0 bridgehead atoms. The van der Waals surface area contributed by atoms with E-state index in [-0.39, 0.29) is 24.2 Å². The van der Waals surface area contributed by atoms with Gasteiger partial charge in [0.2, 0.25) is 5.91 Å². The van der Waals surface area contributed by atoms with E-state index in [0.717, 1.165) is 19.3 Å². The molecule has 0 radical (unpaired) electrons. The number of carbonyl (C=O) groups excluding carboxylic acids is 2. The maximum Gasteiger partial charge on any atom is 0.410 e. The van der Waals surface area contributed by atoms with Crippen molar-refractivity contribution in [3.8, 4) is 0 Å². The van der Waals surface area contributed by atoms with Crippen molar-refractivity contribution in [2.45, 2.75) is 58.2 Å². The second-order valence-corrected chi connectivity index (χ2v) is 7.08. The summed E-state index contributed by atoms with van der Waals surface area (Å²) in [5, 5.41) is 0. The van der Waals surface area contributed by atoms with Crippen molar-refractivity contribution in [3.05, 3.63) is 0 Å². The van der Waals surface area contributed by atoms with Crippen LogP contribution in [-0.4, -0.2) is 66.8 Å². The van der Waals surface area contributed by atoms with Crippen molar-refractivity contribution < 1.29 is 19.1 Å². The largest absolute Gasteiger partial charge is 0.444 e. The summed E-state index contributed by atoms with van der Waals surface area (Å²) in [6.07, 6.45) is 2.00. The maximum atomic E-state index is 12.1. The van der Waals surface area contributed by atoms with E-state index in [1.165, 1.54) is 4.90 Å². The first-order chi connectivity index (χ1) is 10.1. The first-order valence-corrected chi connectivity index (χ1v) is 7.90. The van der Waals surface area contributed by atoms with Gasteiger partial charge in [-0.25, -0.2) is 4.79 Å². The predicted octanol–water partition coefficient (Wildman–Crippen LogP) is 2.27. The van der Waals surface area contributed by atoms with Gasteiger partial charge in [-0.1, -0.05) is 6.92 Å². The van der Waals surface area contributed by atoms with Crippen LogP contribution in [0.2, 0.25) is 0 Å². The minimum absolute atomic E-state index is 0.0394. The second kappa shape index (κ2) is 7.31. The number of likely N-dealkylation sites (tertiary alicyclic amines) is 1. The van der Waals surface area contributed by atoms with Crippen molar-refractivity contribution in [1.29, 1.82) is 0 Å². The normalized spacial score (nSPS) is 18.0. The first kappa shape index (κ1) is 18.7. The van der Waals surface area contributed by atoms with Gasteiger partial charge in [-0.05, 0) is 40.0 Å². The zero-order chi connectivity index (χ0) is 17.0. The Hall–Kier alpha value is -1.30. The van der Waals surface area contributed by atoms with Crippen LogP contribution in [0.5, 0.6) is 0 Å². The fraction of sp³-hybridized carbons (Fsp3) is 0.875. The Labute approximate surface area is 133 Å². The smallest absolute Gasteiger partial charge is 0.410 e. The van der Waals surface area contributed by atoms with E-state index in [0.29, 0.717) is 13.1 Å². The van der Waals surface area contributed by atoms with E-state index in [1.807, 2.05) is 20.8 Å². The average Bonchev–Trinajstić information content (AvgIpc) is 2.43. The first-order valence-electron chi connectivity index (χ1n) is 7.90. The van der Waals surface area contributed by atoms with Crippen molar-refractivity contribution in [2.75, 3.05) is 33.8 Å². The van der Waals surface area contributed by atoms with Gasteiger partial charge >= 0.3 is 6.09 Å². The lowest BCUT2D eigenvalue weighted by Gasteiger charge is -2.41. The minimum atomic E-state index is -0.481. The number of carbonyl (C=O) groups is 2. The Balaban J connectivity index is 2.53. The molecule has 6 nitrogen and oxygen atoms in total. The van der Waals surface area contributed by atoms with Crippen LogP contribution >= 0.6 is 0 Å². The monoisotopic (exact) mass is 314 g/mol. The standard InChI is InChI=1S/C16H30N2O4/c1-7-16(21-12-13(19)17(5)6)8-10-18(11-9-16)14(20)22-15(2,3)4/h7-12H2,1-6H3. The maximum absolute atomic E-state index is 12.1. The van der Waals surface area contributed by atoms with E-state index in [2.05, 4.69) is 6.92 Å². The molecule has 0 aromatic carbocycles. The molecule has 6 heteroatoms. The quantitative estimate of drug-likeness (QED) is 0.799. The molecule has 1 aliphatic rings. The van der Waals surface area contributed by atoms with Gasteiger partial charge in [-0.3, -0.25) is 4.79 Å². The fourth-order valence-electron chi connectivity index (χ4n) is 2.37. The molecule has 0 saturated carbocycles. The number of amides is 2. The van der Waals surface area contributed by atoms with Crippen LogP contribution in [-0.2, 0) is 14.3 Å². The van der Waals surface area contributed by atoms with Gasteiger partial charge in [0.1, 0.15) is 12.2 Å². The third-order valence-electron chi connectivity index (χ3n) is 3.97. The molecule has 2 amide bonds. The van der Waals surface area contributed by atoms with Crippen LogP contribution in [0, 0.1) is 0 Å². The summed E-state index contributed by atoms with van der Waals surface area (Å²) >= 11 is 0. The SMILES string of the molecule is CCC1(OCC(=O)N(C)C)CCN(C(=O)OC(C)(C)C)CC1. The molecular weight excluding hydrogens is 284 g/mol. The number of rotatable bonds is 4. The Bertz CT molecular complexity index is 393. The van der Waals surface area contributed by atoms with Crippen LogP contribution in [0.4, 0.5) is 4.79 Å². The topological polar surface area (TPSA) is 59.1 Å². The molecule has 128 valence electrons. The molecule has 0 aromatic heterocycles. The highest BCUT2D eigenvalue weighted by molar-refractivity contribution is 5.76. The molecule has 1 saturated heterocycles. The molecule has 0 aliphatic carbocycles. The van der Waals surface area contributed by atoms with Crippen LogP contribution in [0.15, 0.2) is 0 Å². The summed E-state index contributed by atoms with van der Waals surface area (Å²) in [6.45, 7) is 8.93. The molecule has 1 rings (SSSR count). The van der Waals surface area contributed by atoms with Gasteiger partial charge in [0, 0.05) is 27.2 Å². The summed E-state index contributed by atoms with van der Waals surface area (Å²) in [7, 11) is 3.44. The number of piperidine rings is 1. The number of ether oxygens (including phenoxy) is 2. The lowest BCUT2D eigenvalue weighted by atomic mass is 9.88. The zero-order valence-electron chi connectivity index (χ0n) is 14.8. The molecule has 22 heavy (non-hydrogen) atoms. The third kappa shape index (κ3) is 5.48. The number of likely N-dealkylation sites (N-methyl/N-ethyl adjacent to an activating group) is 1. The highest BCUT2D eigenvalue weighted by Crippen LogP contribution is 2.30. The van der Waals surface area contributed by atoms with E-state index in [1.54, 1.807) is 19.0 Å². The van der Waals surface area contributed by atoms with Gasteiger partial charge in [0.25, 0.3) is 0 Å². The van der Waals surface area contributed by atoms with Crippen molar-refractivity contribution in [2.24, 2.45) is 0 Å². The summed E-state index contributed by atoms with van der Waals surface area (Å²) in [5.74, 6) is -0.0394. The van der Waals surface area contributed by atoms with E-state index >= 15 is 0 Å². The van der Waals surface area contributed by atoms with Crippen molar-refractivity contribution in [3.63, 3.8) is 0 Å². The Morgan fingerprint density at radius 1 is 1.18 bits per heavy atom. The Morgan fingerprint density at radius 2 is 1.73 bits per heavy atom. The van der Waals surface area contributed by atoms with E-state index in [4.69, 9.17) is 9.47 Å². The fourth-order valence-corrected chi connectivity index (χ4v) is 2.37. The minimum Gasteiger partial charge on any atom is -0.444 e. The van der Waals surface area contributed by atoms with Gasteiger partial charge in [0.05, 0.1) is 5.60 Å². The molecule has 0 N–H and O–H groups in total. The second-order valence-electron chi connectivity index (χ2n) is 7.08. The molecule has 1 aliphatic heterocycles. The lowest BCUT2D eigenvalue weighted by Crippen LogP contribution is -2.49.